The van der Waals surface area contributed by atoms with Crippen molar-refractivity contribution >= 4 is 22.5 Å². The van der Waals surface area contributed by atoms with Crippen molar-refractivity contribution in [2.45, 2.75) is 12.1 Å². The van der Waals surface area contributed by atoms with E-state index >= 15 is 0 Å². The van der Waals surface area contributed by atoms with Crippen LogP contribution in [0.2, 0.25) is 0 Å². The largest absolute Gasteiger partial charge is 0.424 e. The zero-order valence-corrected chi connectivity index (χ0v) is 9.49. The number of hydrogen-bond donors (Lipinski definition) is 1. The SMILES string of the molecule is O=c1[nH]c2cc(CCl)ccc2c(F)c1C(F)(F)F. The lowest BCUT2D eigenvalue weighted by Gasteiger charge is -2.09. The Morgan fingerprint density at radius 1 is 1.28 bits per heavy atom. The van der Waals surface area contributed by atoms with E-state index in [4.69, 9.17) is 11.6 Å². The molecule has 0 aliphatic heterocycles. The summed E-state index contributed by atoms with van der Waals surface area (Å²) in [7, 11) is 0. The summed E-state index contributed by atoms with van der Waals surface area (Å²) in [6, 6.07) is 3.90. The van der Waals surface area contributed by atoms with Crippen LogP contribution in [0.1, 0.15) is 11.1 Å². The molecule has 1 aromatic carbocycles. The summed E-state index contributed by atoms with van der Waals surface area (Å²) >= 11 is 5.54. The van der Waals surface area contributed by atoms with Gasteiger partial charge in [0.05, 0.1) is 5.52 Å². The Balaban J connectivity index is 2.84. The predicted molar refractivity (Wildman–Crippen MR) is 59.1 cm³/mol. The summed E-state index contributed by atoms with van der Waals surface area (Å²) < 4.78 is 51.2. The molecule has 0 spiro atoms. The van der Waals surface area contributed by atoms with Gasteiger partial charge in [-0.1, -0.05) is 6.07 Å². The Morgan fingerprint density at radius 2 is 1.94 bits per heavy atom. The number of rotatable bonds is 1. The van der Waals surface area contributed by atoms with Gasteiger partial charge in [0.2, 0.25) is 0 Å². The van der Waals surface area contributed by atoms with E-state index in [0.717, 1.165) is 6.07 Å². The van der Waals surface area contributed by atoms with Gasteiger partial charge in [0, 0.05) is 11.3 Å². The van der Waals surface area contributed by atoms with Crippen molar-refractivity contribution in [2.75, 3.05) is 0 Å². The highest BCUT2D eigenvalue weighted by molar-refractivity contribution is 6.17. The number of halogens is 5. The van der Waals surface area contributed by atoms with Gasteiger partial charge < -0.3 is 4.98 Å². The van der Waals surface area contributed by atoms with Crippen molar-refractivity contribution < 1.29 is 17.6 Å². The van der Waals surface area contributed by atoms with Crippen LogP contribution < -0.4 is 5.56 Å². The van der Waals surface area contributed by atoms with Crippen molar-refractivity contribution in [3.05, 3.63) is 45.5 Å². The minimum Gasteiger partial charge on any atom is -0.321 e. The Bertz CT molecular complexity index is 662. The van der Waals surface area contributed by atoms with Crippen LogP contribution in [-0.4, -0.2) is 4.98 Å². The standard InChI is InChI=1S/C11H6ClF4NO/c12-4-5-1-2-6-7(3-5)17-10(18)8(9(6)13)11(14,15)16/h1-3H,4H2,(H,17,18). The average Bonchev–Trinajstić information content (AvgIpc) is 2.26. The Morgan fingerprint density at radius 3 is 2.50 bits per heavy atom. The topological polar surface area (TPSA) is 32.9 Å². The number of hydrogen-bond acceptors (Lipinski definition) is 1. The molecule has 0 saturated carbocycles. The molecule has 7 heteroatoms. The summed E-state index contributed by atoms with van der Waals surface area (Å²) in [5, 5.41) is -0.296. The second kappa shape index (κ2) is 4.28. The molecule has 0 fully saturated rings. The minimum atomic E-state index is -5.03. The van der Waals surface area contributed by atoms with Gasteiger partial charge >= 0.3 is 6.18 Å². The van der Waals surface area contributed by atoms with Crippen molar-refractivity contribution in [1.29, 1.82) is 0 Å². The highest BCUT2D eigenvalue weighted by Crippen LogP contribution is 2.31. The van der Waals surface area contributed by atoms with Crippen LogP contribution in [0.3, 0.4) is 0 Å². The van der Waals surface area contributed by atoms with E-state index in [1.807, 2.05) is 4.98 Å². The molecule has 2 aromatic rings. The first kappa shape index (κ1) is 12.9. The molecule has 1 heterocycles. The molecule has 96 valence electrons. The molecule has 2 rings (SSSR count). The number of aromatic amines is 1. The Kier molecular flexibility index (Phi) is 3.06. The van der Waals surface area contributed by atoms with Crippen LogP contribution in [0.4, 0.5) is 17.6 Å². The highest BCUT2D eigenvalue weighted by atomic mass is 35.5. The lowest BCUT2D eigenvalue weighted by molar-refractivity contribution is -0.140. The van der Waals surface area contributed by atoms with Crippen molar-refractivity contribution in [2.24, 2.45) is 0 Å². The van der Waals surface area contributed by atoms with E-state index in [9.17, 15) is 22.4 Å². The first-order valence-corrected chi connectivity index (χ1v) is 5.35. The lowest BCUT2D eigenvalue weighted by atomic mass is 10.1. The Labute approximate surface area is 103 Å². The Hall–Kier alpha value is -1.56. The summed E-state index contributed by atoms with van der Waals surface area (Å²) in [5.74, 6) is -1.46. The van der Waals surface area contributed by atoms with Crippen LogP contribution >= 0.6 is 11.6 Å². The smallest absolute Gasteiger partial charge is 0.321 e. The maximum Gasteiger partial charge on any atom is 0.424 e. The van der Waals surface area contributed by atoms with Crippen LogP contribution in [0, 0.1) is 5.82 Å². The van der Waals surface area contributed by atoms with Gasteiger partial charge in [-0.25, -0.2) is 4.39 Å². The normalized spacial score (nSPS) is 12.1. The maximum absolute atomic E-state index is 13.7. The molecule has 2 nitrogen and oxygen atoms in total. The monoisotopic (exact) mass is 279 g/mol. The number of pyridine rings is 1. The second-order valence-corrected chi connectivity index (χ2v) is 3.92. The number of alkyl halides is 4. The first-order valence-electron chi connectivity index (χ1n) is 4.82. The molecule has 0 amide bonds. The molecule has 1 N–H and O–H groups in total. The molecule has 1 aromatic heterocycles. The molecule has 0 radical (unpaired) electrons. The molecular weight excluding hydrogens is 274 g/mol. The van der Waals surface area contributed by atoms with Gasteiger partial charge in [-0.3, -0.25) is 4.79 Å². The molecule has 0 saturated heterocycles. The number of benzene rings is 1. The minimum absolute atomic E-state index is 0.0105. The van der Waals surface area contributed by atoms with Gasteiger partial charge in [0.1, 0.15) is 5.82 Å². The molecule has 18 heavy (non-hydrogen) atoms. The van der Waals surface area contributed by atoms with Crippen molar-refractivity contribution in [3.63, 3.8) is 0 Å². The van der Waals surface area contributed by atoms with Crippen molar-refractivity contribution in [3.8, 4) is 0 Å². The van der Waals surface area contributed by atoms with E-state index in [0.29, 0.717) is 5.56 Å². The van der Waals surface area contributed by atoms with Crippen LogP contribution in [-0.2, 0) is 12.1 Å². The summed E-state index contributed by atoms with van der Waals surface area (Å²) in [5.41, 5.74) is -2.75. The fourth-order valence-corrected chi connectivity index (χ4v) is 1.81. The number of nitrogens with one attached hydrogen (secondary N) is 1. The van der Waals surface area contributed by atoms with Crippen molar-refractivity contribution in [1.82, 2.24) is 4.98 Å². The maximum atomic E-state index is 13.7. The summed E-state index contributed by atoms with van der Waals surface area (Å²) in [6.07, 6.45) is -5.03. The van der Waals surface area contributed by atoms with E-state index in [1.165, 1.54) is 12.1 Å². The lowest BCUT2D eigenvalue weighted by Crippen LogP contribution is -2.24. The highest BCUT2D eigenvalue weighted by Gasteiger charge is 2.38. The van der Waals surface area contributed by atoms with E-state index < -0.39 is 23.1 Å². The van der Waals surface area contributed by atoms with Gasteiger partial charge in [-0.05, 0) is 17.7 Å². The van der Waals surface area contributed by atoms with E-state index in [1.54, 1.807) is 0 Å². The third-order valence-electron chi connectivity index (χ3n) is 2.45. The van der Waals surface area contributed by atoms with E-state index in [2.05, 4.69) is 0 Å². The third-order valence-corrected chi connectivity index (χ3v) is 2.76. The fourth-order valence-electron chi connectivity index (χ4n) is 1.64. The molecule has 0 atom stereocenters. The molecular formula is C11H6ClF4NO. The van der Waals surface area contributed by atoms with Gasteiger partial charge in [-0.2, -0.15) is 13.2 Å². The van der Waals surface area contributed by atoms with Crippen LogP contribution in [0.25, 0.3) is 10.9 Å². The van der Waals surface area contributed by atoms with Crippen LogP contribution in [0.5, 0.6) is 0 Å². The fraction of sp³-hybridized carbons (Fsp3) is 0.182. The third kappa shape index (κ3) is 2.08. The number of H-pyrrole nitrogens is 1. The average molecular weight is 280 g/mol. The predicted octanol–water partition coefficient (Wildman–Crippen LogP) is 3.42. The van der Waals surface area contributed by atoms with Gasteiger partial charge in [0.25, 0.3) is 5.56 Å². The quantitative estimate of drug-likeness (QED) is 0.630. The summed E-state index contributed by atoms with van der Waals surface area (Å²) in [6.45, 7) is 0. The molecule has 0 bridgehead atoms. The summed E-state index contributed by atoms with van der Waals surface area (Å²) in [4.78, 5) is 13.3. The zero-order chi connectivity index (χ0) is 13.5. The molecule has 0 unspecified atom stereocenters. The number of fused-ring (bicyclic) bond motifs is 1. The molecule has 0 aliphatic carbocycles. The first-order chi connectivity index (χ1) is 8.34. The number of aromatic nitrogens is 1. The zero-order valence-electron chi connectivity index (χ0n) is 8.74. The van der Waals surface area contributed by atoms with Gasteiger partial charge in [-0.15, -0.1) is 11.6 Å². The van der Waals surface area contributed by atoms with E-state index in [-0.39, 0.29) is 16.8 Å². The van der Waals surface area contributed by atoms with Gasteiger partial charge in [0.15, 0.2) is 5.56 Å². The second-order valence-electron chi connectivity index (χ2n) is 3.65. The molecule has 0 aliphatic rings. The van der Waals surface area contributed by atoms with Crippen LogP contribution in [0.15, 0.2) is 23.0 Å².